The summed E-state index contributed by atoms with van der Waals surface area (Å²) in [5, 5.41) is 257. The van der Waals surface area contributed by atoms with Crippen molar-refractivity contribution in [3.05, 3.63) is 96.1 Å². The molecule has 16 bridgehead atoms. The van der Waals surface area contributed by atoms with Gasteiger partial charge in [0.05, 0.1) is 51.5 Å². The van der Waals surface area contributed by atoms with Gasteiger partial charge in [-0.2, -0.15) is 0 Å². The Morgan fingerprint density at radius 3 is 0.647 bits per heavy atom. The third-order valence-corrected chi connectivity index (χ3v) is 22.6. The van der Waals surface area contributed by atoms with Crippen molar-refractivity contribution in [1.82, 2.24) is 0 Å². The molecule has 116 heavy (non-hydrogen) atoms. The van der Waals surface area contributed by atoms with E-state index >= 15 is 0 Å². The van der Waals surface area contributed by atoms with Crippen LogP contribution in [0.3, 0.4) is 0 Å². The lowest BCUT2D eigenvalue weighted by Crippen LogP contribution is -2.69. The van der Waals surface area contributed by atoms with Crippen molar-refractivity contribution in [2.75, 3.05) is 52.9 Å². The molecule has 4 aromatic rings. The van der Waals surface area contributed by atoms with Crippen LogP contribution in [0.1, 0.15) is 36.8 Å². The molecule has 30 saturated heterocycles. The lowest BCUT2D eigenvalue weighted by Gasteiger charge is -2.50. The van der Waals surface area contributed by atoms with Crippen LogP contribution in [0.15, 0.2) is 84.9 Å². The molecule has 0 saturated carbocycles. The van der Waals surface area contributed by atoms with Crippen molar-refractivity contribution in [2.45, 2.75) is 271 Å². The van der Waals surface area contributed by atoms with Crippen LogP contribution in [0.2, 0.25) is 0 Å². The van der Waals surface area contributed by atoms with Crippen LogP contribution in [-0.4, -0.2) is 423 Å². The van der Waals surface area contributed by atoms with E-state index < -0.39 is 322 Å². The minimum Gasteiger partial charge on any atom is -0.462 e. The summed E-state index contributed by atoms with van der Waals surface area (Å²) in [5.74, 6) is -3.83. The molecule has 42 nitrogen and oxygen atoms in total. The number of fused-ring (bicyclic) bond motifs is 2. The molecule has 30 aliphatic rings. The van der Waals surface area contributed by atoms with Gasteiger partial charge < -0.3 is 198 Å². The van der Waals surface area contributed by atoms with Crippen molar-refractivity contribution < 1.29 is 207 Å². The molecule has 42 atom stereocenters. The van der Waals surface area contributed by atoms with Crippen molar-refractivity contribution in [3.63, 3.8) is 0 Å². The maximum atomic E-state index is 14.1. The number of carbonyl (C=O) groups excluding carboxylic acids is 2. The Bertz CT molecular complexity index is 3590. The van der Waals surface area contributed by atoms with E-state index in [2.05, 4.69) is 0 Å². The lowest BCUT2D eigenvalue weighted by molar-refractivity contribution is -0.404. The van der Waals surface area contributed by atoms with E-state index in [1.54, 1.807) is 84.9 Å². The van der Waals surface area contributed by atoms with Crippen LogP contribution >= 0.6 is 0 Å². The summed E-state index contributed by atoms with van der Waals surface area (Å²) < 4.78 is 107. The molecule has 4 aromatic carbocycles. The zero-order chi connectivity index (χ0) is 83.2. The van der Waals surface area contributed by atoms with Gasteiger partial charge in [-0.15, -0.1) is 0 Å². The topological polar surface area (TPSA) is 645 Å². The first kappa shape index (κ1) is 88.6. The number of esters is 2. The average Bonchev–Trinajstić information content (AvgIpc) is 0.770. The van der Waals surface area contributed by atoms with Gasteiger partial charge in [-0.3, -0.25) is 9.59 Å². The van der Waals surface area contributed by atoms with E-state index in [-0.39, 0.29) is 0 Å². The van der Waals surface area contributed by atoms with Crippen LogP contribution in [0.5, 0.6) is 0 Å². The fraction of sp³-hybridized carbons (Fsp3) is 0.703. The number of ether oxygens (including phenoxy) is 18. The molecule has 648 valence electrons. The molecule has 0 aliphatic carbocycles. The highest BCUT2D eigenvalue weighted by molar-refractivity contribution is 5.92. The molecule has 30 aliphatic heterocycles. The summed E-state index contributed by atoms with van der Waals surface area (Å²) in [6.07, 6.45) is -85.2. The van der Waals surface area contributed by atoms with Crippen LogP contribution < -0.4 is 0 Å². The van der Waals surface area contributed by atoms with E-state index in [4.69, 9.17) is 85.3 Å². The third-order valence-electron chi connectivity index (χ3n) is 22.6. The Hall–Kier alpha value is -5.18. The van der Waals surface area contributed by atoms with Crippen LogP contribution in [-0.2, 0) is 94.9 Å². The molecule has 0 unspecified atom stereocenters. The highest BCUT2D eigenvalue weighted by Crippen LogP contribution is 2.41. The van der Waals surface area contributed by atoms with Crippen LogP contribution in [0.25, 0.3) is 21.5 Å². The van der Waals surface area contributed by atoms with Gasteiger partial charge in [-0.1, -0.05) is 84.9 Å². The van der Waals surface area contributed by atoms with Gasteiger partial charge in [0, 0.05) is 0 Å². The van der Waals surface area contributed by atoms with E-state index in [1.807, 2.05) is 0 Å². The first-order valence-corrected chi connectivity index (χ1v) is 37.8. The molecule has 0 aromatic heterocycles. The smallest absolute Gasteiger partial charge is 0.313 e. The summed E-state index contributed by atoms with van der Waals surface area (Å²) in [5.41, 5.74) is 1.02. The number of aliphatic hydroxyl groups excluding tert-OH is 22. The normalized spacial score (nSPS) is 45.3. The zero-order valence-corrected chi connectivity index (χ0v) is 62.0. The Labute approximate surface area is 658 Å². The number of rotatable bonds is 14. The highest BCUT2D eigenvalue weighted by atomic mass is 16.8. The SMILES string of the molecule is C[C@@H](C(=O)OC[C@H]1O[C@@H]2O[C@H]3[C@H](O)[C@@H](O)[C@@H](O[C@H]4[C@@H](O)[C@H](O)[C@@H](O[C@H]5[C@@H](O)[C@H](O)[C@@H](O[C@H]6[C@@H](O)[C@H](O)[C@@H](O[C@H]7[C@H](O)[C@@H](O)[C@@H](O[C@H]8[C@@H](O)[C@@H](O)[C@@H](O[C@H]9[C@@H](O)[C@H](O)[C@@H](O[C@H]1[C@H](O)[C@@H]2O)O[C@H]9CO)O[C@@H]8CO)O[C@@H]7CO)O[C@@H]6COC(=O)[C@H](C)c1cccc2ccccc12)O[C@@H]5CO)O[C@H]4CO)O[C@@H]3CO)c1cccc2ccccc12. The summed E-state index contributed by atoms with van der Waals surface area (Å²) in [6.45, 7) is -5.56. The molecular formula is C74H100O42. The van der Waals surface area contributed by atoms with E-state index in [0.717, 1.165) is 10.8 Å². The van der Waals surface area contributed by atoms with E-state index in [0.29, 0.717) is 21.9 Å². The Kier molecular flexibility index (Phi) is 29.1. The quantitative estimate of drug-likeness (QED) is 0.0521. The molecule has 34 rings (SSSR count). The summed E-state index contributed by atoms with van der Waals surface area (Å²) in [6, 6.07) is 24.6. The maximum absolute atomic E-state index is 14.1. The number of hydrogen-bond acceptors (Lipinski definition) is 42. The van der Waals surface area contributed by atoms with Gasteiger partial charge in [0.15, 0.2) is 50.3 Å². The minimum atomic E-state index is -2.34. The predicted molar refractivity (Wildman–Crippen MR) is 374 cm³/mol. The van der Waals surface area contributed by atoms with Crippen molar-refractivity contribution in [3.8, 4) is 0 Å². The monoisotopic (exact) mass is 1660 g/mol. The van der Waals surface area contributed by atoms with Crippen LogP contribution in [0.4, 0.5) is 0 Å². The van der Waals surface area contributed by atoms with Crippen LogP contribution in [0, 0.1) is 0 Å². The summed E-state index contributed by atoms with van der Waals surface area (Å²) in [7, 11) is 0. The largest absolute Gasteiger partial charge is 0.462 e. The Balaban J connectivity index is 0.788. The maximum Gasteiger partial charge on any atom is 0.313 e. The van der Waals surface area contributed by atoms with Crippen molar-refractivity contribution in [1.29, 1.82) is 0 Å². The fourth-order valence-corrected chi connectivity index (χ4v) is 16.0. The second kappa shape index (κ2) is 38.1. The second-order valence-corrected chi connectivity index (χ2v) is 29.9. The molecule has 30 heterocycles. The molecule has 0 spiro atoms. The average molecular weight is 1660 g/mol. The standard InChI is InChI=1S/C74H100O42/c1-25(29-15-7-11-27-9-3-5-13-31(27)29)65(97)99-23-39-63-47(87)55(95)73(107-39)113-61-37(21-79)103-69(51(91)43(61)83)109-57-33(17-75)102-68(50(90)42(57)82)112-60-36(20-78)106-72(54(94)46(60)86)116-64-40(24-100-66(98)26(2)30-16-8-12-28-10-4-6-14-32(28)30)108-74(56(96)48(64)88)114-62-38(22-80)104-70(52(92)44(62)84)110-58-34(18-76)101-67(49(89)41(58)81)111-59-35(19-77)105-71(115-63)53(93)45(59)85/h3-16,25-26,33-64,67-96H,17-24H2,1-2H3/t25-,26-,33-,34+,35-,36+,37-,38-,39-,40-,41+,42+,43-,44-,45+,46+,47+,48-,49+,50-,51-,52-,53+,54+,55+,56+,57-,58-,59-,60-,61-,62-,63-,64-,67-,68-,69-,70-,71-,72-,73-,74-/m1/s1. The molecule has 42 heteroatoms. The predicted octanol–water partition coefficient (Wildman–Crippen LogP) is -10.4. The fourth-order valence-electron chi connectivity index (χ4n) is 16.0. The van der Waals surface area contributed by atoms with Crippen molar-refractivity contribution in [2.24, 2.45) is 0 Å². The molecule has 0 amide bonds. The van der Waals surface area contributed by atoms with Gasteiger partial charge in [-0.25, -0.2) is 0 Å². The first-order chi connectivity index (χ1) is 55.5. The number of benzene rings is 4. The molecule has 0 radical (unpaired) electrons. The Morgan fingerprint density at radius 1 is 0.259 bits per heavy atom. The van der Waals surface area contributed by atoms with Crippen molar-refractivity contribution >= 4 is 33.5 Å². The lowest BCUT2D eigenvalue weighted by atomic mass is 9.94. The minimum absolute atomic E-state index is 0.510. The third kappa shape index (κ3) is 17.8. The van der Waals surface area contributed by atoms with Gasteiger partial charge in [0.2, 0.25) is 0 Å². The number of hydrogen-bond donors (Lipinski definition) is 22. The summed E-state index contributed by atoms with van der Waals surface area (Å²) >= 11 is 0. The van der Waals surface area contributed by atoms with Gasteiger partial charge >= 0.3 is 11.9 Å². The summed E-state index contributed by atoms with van der Waals surface area (Å²) in [4.78, 5) is 28.2. The first-order valence-electron chi connectivity index (χ1n) is 37.8. The number of carbonyl (C=O) groups is 2. The second-order valence-electron chi connectivity index (χ2n) is 29.9. The van der Waals surface area contributed by atoms with Gasteiger partial charge in [-0.05, 0) is 46.5 Å². The van der Waals surface area contributed by atoms with E-state index in [9.17, 15) is 122 Å². The van der Waals surface area contributed by atoms with E-state index in [1.165, 1.54) is 13.8 Å². The van der Waals surface area contributed by atoms with Gasteiger partial charge in [0.25, 0.3) is 0 Å². The van der Waals surface area contributed by atoms with Gasteiger partial charge in [0.1, 0.15) is 209 Å². The molecular weight excluding hydrogens is 1560 g/mol. The Morgan fingerprint density at radius 2 is 0.440 bits per heavy atom. The zero-order valence-electron chi connectivity index (χ0n) is 62.0. The molecule has 30 fully saturated rings. The molecule has 22 N–H and O–H groups in total. The number of aliphatic hydroxyl groups is 22. The highest BCUT2D eigenvalue weighted by Gasteiger charge is 2.61.